The molecule has 1 aromatic carbocycles. The highest BCUT2D eigenvalue weighted by atomic mass is 32.2. The number of carbonyl (C=O) groups is 1. The molecule has 23 heavy (non-hydrogen) atoms. The molecule has 1 aliphatic heterocycles. The summed E-state index contributed by atoms with van der Waals surface area (Å²) >= 11 is 0. The molecule has 1 aromatic rings. The van der Waals surface area contributed by atoms with E-state index in [-0.39, 0.29) is 36.1 Å². The second kappa shape index (κ2) is 7.27. The Morgan fingerprint density at radius 1 is 1.39 bits per heavy atom. The Morgan fingerprint density at radius 2 is 2.09 bits per heavy atom. The van der Waals surface area contributed by atoms with Crippen molar-refractivity contribution in [2.75, 3.05) is 25.9 Å². The van der Waals surface area contributed by atoms with Crippen molar-refractivity contribution in [1.29, 1.82) is 0 Å². The van der Waals surface area contributed by atoms with Gasteiger partial charge in [-0.25, -0.2) is 22.3 Å². The SMILES string of the molecule is CNS(=O)(=O)CCNC(=O)N1C[C@H](C)C[C@H]1c1ccccc1F. The summed E-state index contributed by atoms with van der Waals surface area (Å²) in [6.45, 7) is 2.53. The molecule has 0 radical (unpaired) electrons. The molecule has 1 fully saturated rings. The first kappa shape index (κ1) is 17.7. The average Bonchev–Trinajstić information content (AvgIpc) is 2.89. The van der Waals surface area contributed by atoms with Crippen molar-refractivity contribution in [3.63, 3.8) is 0 Å². The van der Waals surface area contributed by atoms with Crippen LogP contribution in [0.3, 0.4) is 0 Å². The van der Waals surface area contributed by atoms with E-state index in [1.165, 1.54) is 13.1 Å². The Hall–Kier alpha value is -1.67. The first-order chi connectivity index (χ1) is 10.8. The zero-order valence-corrected chi connectivity index (χ0v) is 14.1. The largest absolute Gasteiger partial charge is 0.337 e. The lowest BCUT2D eigenvalue weighted by atomic mass is 10.0. The zero-order chi connectivity index (χ0) is 17.0. The Kier molecular flexibility index (Phi) is 5.59. The fraction of sp³-hybridized carbons (Fsp3) is 0.533. The van der Waals surface area contributed by atoms with Gasteiger partial charge in [-0.2, -0.15) is 0 Å². The van der Waals surface area contributed by atoms with E-state index in [0.717, 1.165) is 0 Å². The number of benzene rings is 1. The number of hydrogen-bond acceptors (Lipinski definition) is 3. The number of amides is 2. The third-order valence-corrected chi connectivity index (χ3v) is 5.36. The van der Waals surface area contributed by atoms with Crippen LogP contribution in [-0.2, 0) is 10.0 Å². The maximum Gasteiger partial charge on any atom is 0.317 e. The van der Waals surface area contributed by atoms with Crippen LogP contribution < -0.4 is 10.0 Å². The topological polar surface area (TPSA) is 78.5 Å². The van der Waals surface area contributed by atoms with Gasteiger partial charge in [-0.05, 0) is 25.5 Å². The minimum Gasteiger partial charge on any atom is -0.337 e. The summed E-state index contributed by atoms with van der Waals surface area (Å²) < 4.78 is 38.9. The van der Waals surface area contributed by atoms with E-state index < -0.39 is 10.0 Å². The van der Waals surface area contributed by atoms with Gasteiger partial charge in [0.05, 0.1) is 11.8 Å². The smallest absolute Gasteiger partial charge is 0.317 e. The summed E-state index contributed by atoms with van der Waals surface area (Å²) in [7, 11) is -2.04. The number of likely N-dealkylation sites (tertiary alicyclic amines) is 1. The number of hydrogen-bond donors (Lipinski definition) is 2. The van der Waals surface area contributed by atoms with Crippen molar-refractivity contribution in [2.45, 2.75) is 19.4 Å². The van der Waals surface area contributed by atoms with Crippen LogP contribution in [0.4, 0.5) is 9.18 Å². The van der Waals surface area contributed by atoms with Crippen molar-refractivity contribution in [3.8, 4) is 0 Å². The minimum absolute atomic E-state index is 0.0108. The first-order valence-electron chi connectivity index (χ1n) is 7.54. The van der Waals surface area contributed by atoms with E-state index in [0.29, 0.717) is 18.5 Å². The molecule has 0 unspecified atom stereocenters. The molecule has 0 aromatic heterocycles. The third-order valence-electron chi connectivity index (χ3n) is 3.99. The summed E-state index contributed by atoms with van der Waals surface area (Å²) in [5.74, 6) is -0.267. The number of nitrogens with one attached hydrogen (secondary N) is 2. The van der Waals surface area contributed by atoms with Crippen molar-refractivity contribution in [1.82, 2.24) is 14.9 Å². The molecule has 2 amide bonds. The fourth-order valence-corrected chi connectivity index (χ4v) is 3.38. The fourth-order valence-electron chi connectivity index (χ4n) is 2.81. The van der Waals surface area contributed by atoms with Crippen LogP contribution in [0.25, 0.3) is 0 Å². The Morgan fingerprint density at radius 3 is 2.74 bits per heavy atom. The van der Waals surface area contributed by atoms with E-state index in [9.17, 15) is 17.6 Å². The molecule has 1 saturated heterocycles. The van der Waals surface area contributed by atoms with E-state index >= 15 is 0 Å². The van der Waals surface area contributed by atoms with Gasteiger partial charge in [0.25, 0.3) is 0 Å². The monoisotopic (exact) mass is 343 g/mol. The number of rotatable bonds is 5. The quantitative estimate of drug-likeness (QED) is 0.850. The van der Waals surface area contributed by atoms with Gasteiger partial charge in [0.1, 0.15) is 5.82 Å². The lowest BCUT2D eigenvalue weighted by Gasteiger charge is -2.25. The van der Waals surface area contributed by atoms with Gasteiger partial charge in [-0.15, -0.1) is 0 Å². The number of nitrogens with zero attached hydrogens (tertiary/aromatic N) is 1. The molecule has 2 atom stereocenters. The minimum atomic E-state index is -3.37. The number of urea groups is 1. The number of carbonyl (C=O) groups excluding carboxylic acids is 1. The number of sulfonamides is 1. The molecule has 128 valence electrons. The summed E-state index contributed by atoms with van der Waals surface area (Å²) in [5, 5.41) is 2.60. The molecular weight excluding hydrogens is 321 g/mol. The highest BCUT2D eigenvalue weighted by Gasteiger charge is 2.35. The molecule has 2 N–H and O–H groups in total. The zero-order valence-electron chi connectivity index (χ0n) is 13.3. The van der Waals surface area contributed by atoms with E-state index in [2.05, 4.69) is 10.0 Å². The van der Waals surface area contributed by atoms with Gasteiger partial charge >= 0.3 is 6.03 Å². The molecule has 8 heteroatoms. The van der Waals surface area contributed by atoms with Crippen molar-refractivity contribution >= 4 is 16.1 Å². The average molecular weight is 343 g/mol. The summed E-state index contributed by atoms with van der Waals surface area (Å²) in [6, 6.07) is 5.74. The van der Waals surface area contributed by atoms with Crippen molar-refractivity contribution in [2.24, 2.45) is 5.92 Å². The maximum atomic E-state index is 14.0. The Bertz CT molecular complexity index is 666. The van der Waals surface area contributed by atoms with Crippen LogP contribution in [0.2, 0.25) is 0 Å². The second-order valence-electron chi connectivity index (χ2n) is 5.79. The second-order valence-corrected chi connectivity index (χ2v) is 7.83. The molecule has 0 bridgehead atoms. The van der Waals surface area contributed by atoms with Crippen molar-refractivity contribution < 1.29 is 17.6 Å². The summed E-state index contributed by atoms with van der Waals surface area (Å²) in [4.78, 5) is 13.9. The standard InChI is InChI=1S/C15H22FN3O3S/c1-11-9-14(12-5-3-4-6-13(12)16)19(10-11)15(20)18-7-8-23(21,22)17-2/h3-6,11,14,17H,7-10H2,1-2H3,(H,18,20)/t11-,14+/m1/s1. The summed E-state index contributed by atoms with van der Waals surface area (Å²) in [6.07, 6.45) is 0.684. The van der Waals surface area contributed by atoms with Gasteiger partial charge < -0.3 is 10.2 Å². The molecule has 2 rings (SSSR count). The van der Waals surface area contributed by atoms with E-state index in [1.54, 1.807) is 23.1 Å². The Balaban J connectivity index is 2.05. The predicted molar refractivity (Wildman–Crippen MR) is 85.9 cm³/mol. The molecule has 0 spiro atoms. The van der Waals surface area contributed by atoms with Crippen LogP contribution in [0.5, 0.6) is 0 Å². The number of halogens is 1. The molecule has 1 heterocycles. The van der Waals surface area contributed by atoms with Crippen LogP contribution >= 0.6 is 0 Å². The highest BCUT2D eigenvalue weighted by molar-refractivity contribution is 7.89. The van der Waals surface area contributed by atoms with Gasteiger partial charge in [-0.1, -0.05) is 25.1 Å². The van der Waals surface area contributed by atoms with Gasteiger partial charge in [-0.3, -0.25) is 0 Å². The van der Waals surface area contributed by atoms with Crippen molar-refractivity contribution in [3.05, 3.63) is 35.6 Å². The van der Waals surface area contributed by atoms with Gasteiger partial charge in [0.15, 0.2) is 0 Å². The van der Waals surface area contributed by atoms with E-state index in [4.69, 9.17) is 0 Å². The van der Waals surface area contributed by atoms with Crippen LogP contribution in [0.1, 0.15) is 24.9 Å². The van der Waals surface area contributed by atoms with Crippen LogP contribution in [0.15, 0.2) is 24.3 Å². The first-order valence-corrected chi connectivity index (χ1v) is 9.19. The normalized spacial score (nSPS) is 21.4. The van der Waals surface area contributed by atoms with E-state index in [1.807, 2.05) is 6.92 Å². The summed E-state index contributed by atoms with van der Waals surface area (Å²) in [5.41, 5.74) is 0.495. The third kappa shape index (κ3) is 4.42. The molecule has 0 aliphatic carbocycles. The predicted octanol–water partition coefficient (Wildman–Crippen LogP) is 1.47. The van der Waals surface area contributed by atoms with Gasteiger partial charge in [0.2, 0.25) is 10.0 Å². The molecule has 6 nitrogen and oxygen atoms in total. The van der Waals surface area contributed by atoms with Crippen LogP contribution in [0, 0.1) is 11.7 Å². The lowest BCUT2D eigenvalue weighted by Crippen LogP contribution is -2.42. The molecule has 0 saturated carbocycles. The highest BCUT2D eigenvalue weighted by Crippen LogP contribution is 2.36. The van der Waals surface area contributed by atoms with Crippen LogP contribution in [-0.4, -0.2) is 45.2 Å². The maximum absolute atomic E-state index is 14.0. The Labute approximate surface area is 136 Å². The molecule has 1 aliphatic rings. The lowest BCUT2D eigenvalue weighted by molar-refractivity contribution is 0.192. The van der Waals surface area contributed by atoms with Gasteiger partial charge in [0, 0.05) is 18.7 Å². The molecular formula is C15H22FN3O3S.